The van der Waals surface area contributed by atoms with Crippen LogP contribution in [0.2, 0.25) is 0 Å². The molecule has 1 aliphatic rings. The van der Waals surface area contributed by atoms with Gasteiger partial charge < -0.3 is 0 Å². The Morgan fingerprint density at radius 3 is 2.54 bits per heavy atom. The molecule has 0 bridgehead atoms. The van der Waals surface area contributed by atoms with Crippen molar-refractivity contribution in [3.63, 3.8) is 0 Å². The molecule has 0 radical (unpaired) electrons. The Labute approximate surface area is 79.0 Å². The van der Waals surface area contributed by atoms with Gasteiger partial charge in [-0.1, -0.05) is 23.7 Å². The fourth-order valence-electron chi connectivity index (χ4n) is 0.878. The topological polar surface area (TPSA) is 34.1 Å². The van der Waals surface area contributed by atoms with E-state index in [0.29, 0.717) is 12.8 Å². The maximum atomic E-state index is 11.2. The monoisotopic (exact) mass is 194 g/mol. The summed E-state index contributed by atoms with van der Waals surface area (Å²) < 4.78 is 22.5. The van der Waals surface area contributed by atoms with Gasteiger partial charge in [0.2, 0.25) is 0 Å². The lowest BCUT2D eigenvalue weighted by Crippen LogP contribution is -2.09. The minimum Gasteiger partial charge on any atom is -0.228 e. The molecule has 0 unspecified atom stereocenters. The lowest BCUT2D eigenvalue weighted by atomic mass is 10.3. The number of hydrogen-bond donors (Lipinski definition) is 0. The number of sulfone groups is 1. The molecule has 0 amide bonds. The molecule has 3 heteroatoms. The Morgan fingerprint density at radius 1 is 1.08 bits per heavy atom. The average molecular weight is 194 g/mol. The Kier molecular flexibility index (Phi) is 3.61. The molecule has 0 aliphatic carbocycles. The van der Waals surface area contributed by atoms with Crippen LogP contribution in [0.15, 0.2) is 12.2 Å². The minimum atomic E-state index is -2.97. The molecule has 1 heterocycles. The second-order valence-corrected chi connectivity index (χ2v) is 4.86. The number of rotatable bonds is 0. The van der Waals surface area contributed by atoms with E-state index in [1.165, 1.54) is 0 Å². The lowest BCUT2D eigenvalue weighted by Gasteiger charge is -1.96. The molecule has 0 N–H and O–H groups in total. The number of allylic oxidation sites excluding steroid dienone is 2. The first-order chi connectivity index (χ1) is 6.21. The molecule has 0 saturated carbocycles. The first kappa shape index (κ1) is 9.89. The third-order valence-corrected chi connectivity index (χ3v) is 3.00. The van der Waals surface area contributed by atoms with Crippen LogP contribution < -0.4 is 0 Å². The zero-order chi connectivity index (χ0) is 9.57. The van der Waals surface area contributed by atoms with Gasteiger partial charge in [0.25, 0.3) is 0 Å². The first-order valence-corrected chi connectivity index (χ1v) is 5.85. The average Bonchev–Trinajstić information content (AvgIpc) is 2.10. The molecule has 0 spiro atoms. The van der Waals surface area contributed by atoms with Crippen molar-refractivity contribution in [2.24, 2.45) is 0 Å². The molecule has 2 nitrogen and oxygen atoms in total. The molecule has 0 aromatic rings. The molecule has 0 atom stereocenters. The summed E-state index contributed by atoms with van der Waals surface area (Å²) in [6.07, 6.45) is 4.45. The van der Waals surface area contributed by atoms with E-state index in [1.807, 2.05) is 0 Å². The zero-order valence-electron chi connectivity index (χ0n) is 7.21. The normalized spacial score (nSPS) is 22.5. The van der Waals surface area contributed by atoms with Crippen molar-refractivity contribution in [2.75, 3.05) is 11.5 Å². The zero-order valence-corrected chi connectivity index (χ0v) is 8.02. The summed E-state index contributed by atoms with van der Waals surface area (Å²) in [7, 11) is -2.97. The smallest absolute Gasteiger partial charge is 0.161 e. The maximum Gasteiger partial charge on any atom is 0.161 e. The van der Waals surface area contributed by atoms with E-state index >= 15 is 0 Å². The fraction of sp³-hybridized carbons (Fsp3) is 0.400. The SMILES string of the molecule is O=S1(=O)CC#C/C=C\C#CCCC1. The second-order valence-electron chi connectivity index (χ2n) is 2.67. The van der Waals surface area contributed by atoms with Gasteiger partial charge in [0.1, 0.15) is 5.75 Å². The van der Waals surface area contributed by atoms with Crippen LogP contribution >= 0.6 is 0 Å². The highest BCUT2D eigenvalue weighted by atomic mass is 32.2. The minimum absolute atomic E-state index is 0.0443. The molecule has 68 valence electrons. The molecule has 0 aromatic heterocycles. The summed E-state index contributed by atoms with van der Waals surface area (Å²) in [5.74, 6) is 11.0. The first-order valence-electron chi connectivity index (χ1n) is 4.03. The summed E-state index contributed by atoms with van der Waals surface area (Å²) in [5.41, 5.74) is 0. The Balaban J connectivity index is 2.77. The highest BCUT2D eigenvalue weighted by Crippen LogP contribution is 1.96. The van der Waals surface area contributed by atoms with Gasteiger partial charge in [0, 0.05) is 6.42 Å². The van der Waals surface area contributed by atoms with Gasteiger partial charge in [-0.25, -0.2) is 8.42 Å². The van der Waals surface area contributed by atoms with Crippen LogP contribution in [0.1, 0.15) is 12.8 Å². The Bertz CT molecular complexity index is 407. The predicted octanol–water partition coefficient (Wildman–Crippen LogP) is 0.758. The molecule has 0 saturated heterocycles. The van der Waals surface area contributed by atoms with Crippen molar-refractivity contribution in [1.82, 2.24) is 0 Å². The van der Waals surface area contributed by atoms with E-state index in [9.17, 15) is 8.42 Å². The third-order valence-electron chi connectivity index (χ3n) is 1.50. The largest absolute Gasteiger partial charge is 0.228 e. The van der Waals surface area contributed by atoms with Crippen molar-refractivity contribution in [2.45, 2.75) is 12.8 Å². The van der Waals surface area contributed by atoms with Crippen LogP contribution in [-0.2, 0) is 9.84 Å². The summed E-state index contributed by atoms with van der Waals surface area (Å²) in [6, 6.07) is 0. The van der Waals surface area contributed by atoms with E-state index in [2.05, 4.69) is 23.7 Å². The van der Waals surface area contributed by atoms with Crippen molar-refractivity contribution in [3.05, 3.63) is 12.2 Å². The van der Waals surface area contributed by atoms with Gasteiger partial charge in [0.05, 0.1) is 5.75 Å². The lowest BCUT2D eigenvalue weighted by molar-refractivity contribution is 0.597. The van der Waals surface area contributed by atoms with Crippen LogP contribution in [0.3, 0.4) is 0 Å². The van der Waals surface area contributed by atoms with Gasteiger partial charge in [-0.15, -0.1) is 0 Å². The van der Waals surface area contributed by atoms with E-state index in [-0.39, 0.29) is 11.5 Å². The fourth-order valence-corrected chi connectivity index (χ4v) is 1.91. The third kappa shape index (κ3) is 4.40. The van der Waals surface area contributed by atoms with Gasteiger partial charge in [-0.05, 0) is 18.6 Å². The van der Waals surface area contributed by atoms with Crippen molar-refractivity contribution < 1.29 is 8.42 Å². The van der Waals surface area contributed by atoms with Crippen LogP contribution in [0.4, 0.5) is 0 Å². The van der Waals surface area contributed by atoms with Crippen LogP contribution in [0.5, 0.6) is 0 Å². The van der Waals surface area contributed by atoms with E-state index < -0.39 is 9.84 Å². The highest BCUT2D eigenvalue weighted by Gasteiger charge is 2.07. The van der Waals surface area contributed by atoms with Gasteiger partial charge >= 0.3 is 0 Å². The summed E-state index contributed by atoms with van der Waals surface area (Å²) >= 11 is 0. The Morgan fingerprint density at radius 2 is 1.77 bits per heavy atom. The maximum absolute atomic E-state index is 11.2. The van der Waals surface area contributed by atoms with E-state index in [4.69, 9.17) is 0 Å². The molecule has 13 heavy (non-hydrogen) atoms. The van der Waals surface area contributed by atoms with E-state index in [0.717, 1.165) is 0 Å². The molecule has 0 aromatic carbocycles. The summed E-state index contributed by atoms with van der Waals surface area (Å²) in [6.45, 7) is 0. The molecule has 1 aliphatic heterocycles. The van der Waals surface area contributed by atoms with Crippen LogP contribution in [0, 0.1) is 23.7 Å². The molecular formula is C10H10O2S. The number of hydrogen-bond acceptors (Lipinski definition) is 2. The quantitative estimate of drug-likeness (QED) is 0.533. The second kappa shape index (κ2) is 4.74. The highest BCUT2D eigenvalue weighted by molar-refractivity contribution is 7.91. The van der Waals surface area contributed by atoms with Crippen molar-refractivity contribution in [3.8, 4) is 23.7 Å². The molecular weight excluding hydrogens is 184 g/mol. The van der Waals surface area contributed by atoms with Gasteiger partial charge in [-0.3, -0.25) is 0 Å². The molecule has 0 fully saturated rings. The van der Waals surface area contributed by atoms with Crippen LogP contribution in [-0.4, -0.2) is 19.9 Å². The van der Waals surface area contributed by atoms with Crippen molar-refractivity contribution >= 4 is 9.84 Å². The van der Waals surface area contributed by atoms with Gasteiger partial charge in [0.15, 0.2) is 9.84 Å². The van der Waals surface area contributed by atoms with Crippen molar-refractivity contribution in [1.29, 1.82) is 0 Å². The summed E-state index contributed by atoms with van der Waals surface area (Å²) in [5, 5.41) is 0. The van der Waals surface area contributed by atoms with E-state index in [1.54, 1.807) is 12.2 Å². The Hall–Kier alpha value is -1.19. The van der Waals surface area contributed by atoms with Gasteiger partial charge in [-0.2, -0.15) is 0 Å². The predicted molar refractivity (Wildman–Crippen MR) is 52.6 cm³/mol. The summed E-state index contributed by atoms with van der Waals surface area (Å²) in [4.78, 5) is 0. The van der Waals surface area contributed by atoms with Crippen LogP contribution in [0.25, 0.3) is 0 Å². The standard InChI is InChI=1S/C10H10O2S/c11-13(12)9-7-5-3-1-2-4-6-8-10-13/h1,3H,6,8-10H2/b3-1-. The molecule has 1 rings (SSSR count).